The van der Waals surface area contributed by atoms with Crippen LogP contribution in [0.5, 0.6) is 0 Å². The Bertz CT molecular complexity index is 515. The van der Waals surface area contributed by atoms with Gasteiger partial charge in [-0.3, -0.25) is 0 Å². The van der Waals surface area contributed by atoms with Gasteiger partial charge in [-0.05, 0) is 26.2 Å². The number of likely N-dealkylation sites (tertiary alicyclic amines) is 1. The minimum atomic E-state index is -1.14. The smallest absolute Gasteiger partial charge is 0.329 e. The monoisotopic (exact) mass is 281 g/mol. The summed E-state index contributed by atoms with van der Waals surface area (Å²) in [5, 5.41) is 19.7. The zero-order valence-corrected chi connectivity index (χ0v) is 11.7. The Morgan fingerprint density at radius 3 is 2.85 bits per heavy atom. The number of hydrogen-bond acceptors (Lipinski definition) is 4. The van der Waals surface area contributed by atoms with Crippen molar-refractivity contribution >= 4 is 12.0 Å². The van der Waals surface area contributed by atoms with E-state index in [4.69, 9.17) is 0 Å². The summed E-state index contributed by atoms with van der Waals surface area (Å²) in [5.41, 5.74) is -1.14. The first-order valence-electron chi connectivity index (χ1n) is 6.57. The maximum atomic E-state index is 12.2. The van der Waals surface area contributed by atoms with Gasteiger partial charge in [-0.25, -0.2) is 9.59 Å². The number of amides is 2. The van der Waals surface area contributed by atoms with E-state index in [-0.39, 0.29) is 12.6 Å². The number of aliphatic carboxylic acids is 1. The maximum Gasteiger partial charge on any atom is 0.329 e. The molecule has 0 spiro atoms. The van der Waals surface area contributed by atoms with Crippen molar-refractivity contribution in [2.45, 2.75) is 38.3 Å². The van der Waals surface area contributed by atoms with Gasteiger partial charge in [0.15, 0.2) is 5.82 Å². The van der Waals surface area contributed by atoms with Crippen LogP contribution in [0.1, 0.15) is 32.0 Å². The Labute approximate surface area is 116 Å². The number of nitrogens with one attached hydrogen (secondary N) is 1. The molecular formula is C12H19N5O3. The largest absolute Gasteiger partial charge is 0.480 e. The van der Waals surface area contributed by atoms with Crippen molar-refractivity contribution in [1.82, 2.24) is 25.0 Å². The molecule has 1 unspecified atom stereocenters. The van der Waals surface area contributed by atoms with Crippen molar-refractivity contribution in [3.05, 3.63) is 12.2 Å². The summed E-state index contributed by atoms with van der Waals surface area (Å²) in [6.07, 6.45) is 3.65. The van der Waals surface area contributed by atoms with Crippen molar-refractivity contribution in [2.24, 2.45) is 7.05 Å². The Hall–Kier alpha value is -2.12. The van der Waals surface area contributed by atoms with E-state index >= 15 is 0 Å². The predicted octanol–water partition coefficient (Wildman–Crippen LogP) is 0.354. The van der Waals surface area contributed by atoms with Crippen LogP contribution < -0.4 is 5.32 Å². The van der Waals surface area contributed by atoms with Crippen molar-refractivity contribution in [2.75, 3.05) is 6.54 Å². The third-order valence-electron chi connectivity index (χ3n) is 3.80. The van der Waals surface area contributed by atoms with Gasteiger partial charge in [0.2, 0.25) is 0 Å². The van der Waals surface area contributed by atoms with E-state index < -0.39 is 11.5 Å². The number of nitrogens with zero attached hydrogens (tertiary/aromatic N) is 4. The predicted molar refractivity (Wildman–Crippen MR) is 69.8 cm³/mol. The molecule has 1 saturated heterocycles. The molecule has 0 radical (unpaired) electrons. The van der Waals surface area contributed by atoms with Crippen LogP contribution >= 0.6 is 0 Å². The summed E-state index contributed by atoms with van der Waals surface area (Å²) in [6.45, 7) is 2.27. The van der Waals surface area contributed by atoms with Crippen molar-refractivity contribution in [3.63, 3.8) is 0 Å². The number of hydrogen-bond donors (Lipinski definition) is 2. The van der Waals surface area contributed by atoms with Crippen LogP contribution in [0, 0.1) is 0 Å². The van der Waals surface area contributed by atoms with Crippen LogP contribution in [-0.4, -0.2) is 48.9 Å². The average Bonchev–Trinajstić information content (AvgIpc) is 2.82. The lowest BCUT2D eigenvalue weighted by Crippen LogP contribution is -2.59. The molecule has 8 heteroatoms. The SMILES string of the molecule is Cn1cnnc1CNC(=O)N1CCCCC1(C)C(=O)O. The summed E-state index contributed by atoms with van der Waals surface area (Å²) in [4.78, 5) is 25.0. The molecule has 2 amide bonds. The lowest BCUT2D eigenvalue weighted by atomic mass is 9.89. The molecule has 0 saturated carbocycles. The van der Waals surface area contributed by atoms with Crippen LogP contribution in [0.25, 0.3) is 0 Å². The van der Waals surface area contributed by atoms with Crippen molar-refractivity contribution in [3.8, 4) is 0 Å². The summed E-state index contributed by atoms with van der Waals surface area (Å²) in [6, 6.07) is -0.377. The third-order valence-corrected chi connectivity index (χ3v) is 3.80. The zero-order chi connectivity index (χ0) is 14.8. The van der Waals surface area contributed by atoms with Crippen molar-refractivity contribution < 1.29 is 14.7 Å². The Morgan fingerprint density at radius 2 is 2.25 bits per heavy atom. The average molecular weight is 281 g/mol. The topological polar surface area (TPSA) is 100 Å². The first kappa shape index (κ1) is 14.3. The van der Waals surface area contributed by atoms with Crippen LogP contribution in [0.4, 0.5) is 4.79 Å². The summed E-state index contributed by atoms with van der Waals surface area (Å²) in [7, 11) is 1.78. The second-order valence-electron chi connectivity index (χ2n) is 5.20. The van der Waals surface area contributed by atoms with Gasteiger partial charge in [-0.2, -0.15) is 0 Å². The van der Waals surface area contributed by atoms with Crippen LogP contribution in [-0.2, 0) is 18.4 Å². The van der Waals surface area contributed by atoms with E-state index in [0.29, 0.717) is 18.8 Å². The molecule has 1 atom stereocenters. The van der Waals surface area contributed by atoms with E-state index in [0.717, 1.165) is 12.8 Å². The van der Waals surface area contributed by atoms with E-state index in [1.807, 2.05) is 0 Å². The molecule has 1 aromatic rings. The second kappa shape index (κ2) is 5.48. The van der Waals surface area contributed by atoms with Gasteiger partial charge >= 0.3 is 12.0 Å². The molecule has 1 aromatic heterocycles. The van der Waals surface area contributed by atoms with Gasteiger partial charge in [0.1, 0.15) is 11.9 Å². The fraction of sp³-hybridized carbons (Fsp3) is 0.667. The number of aromatic nitrogens is 3. The minimum absolute atomic E-state index is 0.224. The first-order chi connectivity index (χ1) is 9.45. The summed E-state index contributed by atoms with van der Waals surface area (Å²) < 4.78 is 1.70. The molecule has 8 nitrogen and oxygen atoms in total. The number of aryl methyl sites for hydroxylation is 1. The maximum absolute atomic E-state index is 12.2. The number of carbonyl (C=O) groups excluding carboxylic acids is 1. The van der Waals surface area contributed by atoms with E-state index in [1.165, 1.54) is 4.90 Å². The molecule has 0 aliphatic carbocycles. The zero-order valence-electron chi connectivity index (χ0n) is 11.7. The fourth-order valence-electron chi connectivity index (χ4n) is 2.39. The van der Waals surface area contributed by atoms with Gasteiger partial charge < -0.3 is 19.9 Å². The Morgan fingerprint density at radius 1 is 1.50 bits per heavy atom. The van der Waals surface area contributed by atoms with Crippen LogP contribution in [0.15, 0.2) is 6.33 Å². The van der Waals surface area contributed by atoms with Gasteiger partial charge in [0.25, 0.3) is 0 Å². The van der Waals surface area contributed by atoms with Gasteiger partial charge in [0.05, 0.1) is 6.54 Å². The van der Waals surface area contributed by atoms with Gasteiger partial charge in [-0.15, -0.1) is 10.2 Å². The molecule has 1 fully saturated rings. The molecule has 0 aromatic carbocycles. The van der Waals surface area contributed by atoms with Crippen molar-refractivity contribution in [1.29, 1.82) is 0 Å². The van der Waals surface area contributed by atoms with E-state index in [9.17, 15) is 14.7 Å². The molecule has 1 aliphatic rings. The van der Waals surface area contributed by atoms with Crippen LogP contribution in [0.3, 0.4) is 0 Å². The minimum Gasteiger partial charge on any atom is -0.480 e. The molecule has 2 heterocycles. The third kappa shape index (κ3) is 2.59. The fourth-order valence-corrected chi connectivity index (χ4v) is 2.39. The highest BCUT2D eigenvalue weighted by molar-refractivity contribution is 5.86. The standard InChI is InChI=1S/C12H19N5O3/c1-12(10(18)19)5-3-4-6-17(12)11(20)13-7-9-15-14-8-16(9)2/h8H,3-7H2,1-2H3,(H,13,20)(H,18,19). The summed E-state index contributed by atoms with van der Waals surface area (Å²) in [5.74, 6) is -0.349. The number of carboxylic acid groups (broad SMARTS) is 1. The highest BCUT2D eigenvalue weighted by Gasteiger charge is 2.43. The lowest BCUT2D eigenvalue weighted by Gasteiger charge is -2.41. The molecule has 20 heavy (non-hydrogen) atoms. The number of rotatable bonds is 3. The quantitative estimate of drug-likeness (QED) is 0.833. The van der Waals surface area contributed by atoms with Crippen LogP contribution in [0.2, 0.25) is 0 Å². The molecular weight excluding hydrogens is 262 g/mol. The van der Waals surface area contributed by atoms with Gasteiger partial charge in [0, 0.05) is 13.6 Å². The number of carboxylic acids is 1. The van der Waals surface area contributed by atoms with Gasteiger partial charge in [-0.1, -0.05) is 0 Å². The number of urea groups is 1. The molecule has 110 valence electrons. The molecule has 2 N–H and O–H groups in total. The summed E-state index contributed by atoms with van der Waals surface area (Å²) >= 11 is 0. The number of piperidine rings is 1. The highest BCUT2D eigenvalue weighted by Crippen LogP contribution is 2.28. The molecule has 1 aliphatic heterocycles. The van der Waals surface area contributed by atoms with E-state index in [1.54, 1.807) is 24.9 Å². The molecule has 0 bridgehead atoms. The lowest BCUT2D eigenvalue weighted by molar-refractivity contribution is -0.150. The highest BCUT2D eigenvalue weighted by atomic mass is 16.4. The molecule has 2 rings (SSSR count). The first-order valence-corrected chi connectivity index (χ1v) is 6.57. The Balaban J connectivity index is 2.03. The Kier molecular flexibility index (Phi) is 3.91. The van der Waals surface area contributed by atoms with E-state index in [2.05, 4.69) is 15.5 Å². The second-order valence-corrected chi connectivity index (χ2v) is 5.20. The normalized spacial score (nSPS) is 22.6. The number of carbonyl (C=O) groups is 2.